The summed E-state index contributed by atoms with van der Waals surface area (Å²) in [7, 11) is 0. The first-order chi connectivity index (χ1) is 6.20. The Hall–Kier alpha value is -1.29. The van der Waals surface area contributed by atoms with E-state index in [-0.39, 0.29) is 11.2 Å². The Morgan fingerprint density at radius 3 is 2.85 bits per heavy atom. The van der Waals surface area contributed by atoms with Crippen molar-refractivity contribution in [3.8, 4) is 5.75 Å². The highest BCUT2D eigenvalue weighted by Gasteiger charge is 2.06. The summed E-state index contributed by atoms with van der Waals surface area (Å²) in [5, 5.41) is 9.43. The number of nitrogens with two attached hydrogens (primary N) is 1. The van der Waals surface area contributed by atoms with Gasteiger partial charge >= 0.3 is 0 Å². The van der Waals surface area contributed by atoms with Crippen molar-refractivity contribution < 1.29 is 5.11 Å². The van der Waals surface area contributed by atoms with Gasteiger partial charge in [-0.3, -0.25) is 4.79 Å². The van der Waals surface area contributed by atoms with Crippen LogP contribution in [-0.2, 0) is 13.0 Å². The molecule has 1 heterocycles. The standard InChI is InChI=1S/C9H14N2O2/c1-2-7-9(13)8(12)3-5-11(7)6-4-10/h3,5,13H,2,4,6,10H2,1H3. The van der Waals surface area contributed by atoms with E-state index in [0.29, 0.717) is 25.2 Å². The van der Waals surface area contributed by atoms with Gasteiger partial charge in [0, 0.05) is 25.4 Å². The maximum atomic E-state index is 11.1. The molecule has 4 nitrogen and oxygen atoms in total. The van der Waals surface area contributed by atoms with E-state index in [0.717, 1.165) is 0 Å². The minimum Gasteiger partial charge on any atom is -0.503 e. The number of nitrogens with zero attached hydrogens (tertiary/aromatic N) is 1. The van der Waals surface area contributed by atoms with Crippen molar-refractivity contribution in [1.29, 1.82) is 0 Å². The van der Waals surface area contributed by atoms with Crippen molar-refractivity contribution in [1.82, 2.24) is 4.57 Å². The molecule has 0 aliphatic rings. The first kappa shape index (κ1) is 9.80. The van der Waals surface area contributed by atoms with Crippen LogP contribution in [0.1, 0.15) is 12.6 Å². The van der Waals surface area contributed by atoms with Crippen LogP contribution in [0.25, 0.3) is 0 Å². The van der Waals surface area contributed by atoms with Crippen LogP contribution >= 0.6 is 0 Å². The summed E-state index contributed by atoms with van der Waals surface area (Å²) in [5.74, 6) is -0.154. The third kappa shape index (κ3) is 1.89. The van der Waals surface area contributed by atoms with Gasteiger partial charge in [0.15, 0.2) is 5.75 Å². The highest BCUT2D eigenvalue weighted by atomic mass is 16.3. The number of aromatic hydroxyl groups is 1. The fourth-order valence-corrected chi connectivity index (χ4v) is 1.32. The fourth-order valence-electron chi connectivity index (χ4n) is 1.32. The second kappa shape index (κ2) is 4.09. The van der Waals surface area contributed by atoms with Gasteiger partial charge in [-0.25, -0.2) is 0 Å². The molecule has 0 saturated heterocycles. The Bertz CT molecular complexity index is 344. The minimum absolute atomic E-state index is 0.154. The summed E-state index contributed by atoms with van der Waals surface area (Å²) >= 11 is 0. The summed E-state index contributed by atoms with van der Waals surface area (Å²) in [5.41, 5.74) is 5.71. The molecule has 0 bridgehead atoms. The highest BCUT2D eigenvalue weighted by Crippen LogP contribution is 2.11. The molecule has 0 aromatic carbocycles. The number of hydrogen-bond acceptors (Lipinski definition) is 3. The lowest BCUT2D eigenvalue weighted by atomic mass is 10.2. The van der Waals surface area contributed by atoms with Crippen molar-refractivity contribution in [2.24, 2.45) is 5.73 Å². The zero-order valence-corrected chi connectivity index (χ0v) is 7.66. The summed E-state index contributed by atoms with van der Waals surface area (Å²) in [6, 6.07) is 1.35. The second-order valence-electron chi connectivity index (χ2n) is 2.81. The first-order valence-corrected chi connectivity index (χ1v) is 4.32. The number of aromatic nitrogens is 1. The summed E-state index contributed by atoms with van der Waals surface area (Å²) in [6.07, 6.45) is 2.29. The van der Waals surface area contributed by atoms with E-state index in [1.54, 1.807) is 10.8 Å². The fraction of sp³-hybridized carbons (Fsp3) is 0.444. The molecule has 0 radical (unpaired) electrons. The van der Waals surface area contributed by atoms with Crippen molar-refractivity contribution in [2.75, 3.05) is 6.54 Å². The van der Waals surface area contributed by atoms with Crippen molar-refractivity contribution in [2.45, 2.75) is 19.9 Å². The van der Waals surface area contributed by atoms with E-state index in [1.165, 1.54) is 6.07 Å². The van der Waals surface area contributed by atoms with E-state index >= 15 is 0 Å². The van der Waals surface area contributed by atoms with Gasteiger partial charge in [-0.2, -0.15) is 0 Å². The van der Waals surface area contributed by atoms with Gasteiger partial charge in [0.25, 0.3) is 0 Å². The molecular weight excluding hydrogens is 168 g/mol. The molecular formula is C9H14N2O2. The Morgan fingerprint density at radius 1 is 1.62 bits per heavy atom. The van der Waals surface area contributed by atoms with E-state index in [9.17, 15) is 9.90 Å². The van der Waals surface area contributed by atoms with Gasteiger partial charge < -0.3 is 15.4 Å². The quantitative estimate of drug-likeness (QED) is 0.695. The van der Waals surface area contributed by atoms with Crippen LogP contribution in [0, 0.1) is 0 Å². The highest BCUT2D eigenvalue weighted by molar-refractivity contribution is 5.26. The predicted octanol–water partition coefficient (Wildman–Crippen LogP) is 0.0750. The number of pyridine rings is 1. The third-order valence-electron chi connectivity index (χ3n) is 1.96. The lowest BCUT2D eigenvalue weighted by Gasteiger charge is -2.11. The van der Waals surface area contributed by atoms with E-state index in [2.05, 4.69) is 0 Å². The molecule has 0 saturated carbocycles. The van der Waals surface area contributed by atoms with Crippen LogP contribution in [0.4, 0.5) is 0 Å². The summed E-state index contributed by atoms with van der Waals surface area (Å²) in [4.78, 5) is 11.1. The molecule has 0 aliphatic carbocycles. The summed E-state index contributed by atoms with van der Waals surface area (Å²) in [6.45, 7) is 3.01. The molecule has 72 valence electrons. The molecule has 0 atom stereocenters. The molecule has 1 aromatic rings. The molecule has 1 aromatic heterocycles. The van der Waals surface area contributed by atoms with E-state index in [4.69, 9.17) is 5.73 Å². The smallest absolute Gasteiger partial charge is 0.223 e. The third-order valence-corrected chi connectivity index (χ3v) is 1.96. The van der Waals surface area contributed by atoms with Crippen LogP contribution in [0.2, 0.25) is 0 Å². The van der Waals surface area contributed by atoms with Crippen molar-refractivity contribution in [3.63, 3.8) is 0 Å². The summed E-state index contributed by atoms with van der Waals surface area (Å²) < 4.78 is 1.80. The zero-order chi connectivity index (χ0) is 9.84. The van der Waals surface area contributed by atoms with Gasteiger partial charge in [-0.05, 0) is 6.42 Å². The predicted molar refractivity (Wildman–Crippen MR) is 50.8 cm³/mol. The minimum atomic E-state index is -0.329. The Balaban J connectivity index is 3.21. The Morgan fingerprint density at radius 2 is 2.31 bits per heavy atom. The molecule has 0 fully saturated rings. The van der Waals surface area contributed by atoms with Crippen LogP contribution < -0.4 is 11.2 Å². The molecule has 3 N–H and O–H groups in total. The Labute approximate surface area is 76.6 Å². The average Bonchev–Trinajstić information content (AvgIpc) is 2.12. The maximum Gasteiger partial charge on any atom is 0.223 e. The van der Waals surface area contributed by atoms with Crippen molar-refractivity contribution in [3.05, 3.63) is 28.2 Å². The maximum absolute atomic E-state index is 11.1. The first-order valence-electron chi connectivity index (χ1n) is 4.32. The molecule has 0 unspecified atom stereocenters. The van der Waals surface area contributed by atoms with Crippen LogP contribution in [0.5, 0.6) is 5.75 Å². The van der Waals surface area contributed by atoms with Crippen LogP contribution in [0.15, 0.2) is 17.1 Å². The molecule has 4 heteroatoms. The molecule has 0 spiro atoms. The van der Waals surface area contributed by atoms with Gasteiger partial charge in [0.05, 0.1) is 5.69 Å². The van der Waals surface area contributed by atoms with Crippen molar-refractivity contribution >= 4 is 0 Å². The monoisotopic (exact) mass is 182 g/mol. The average molecular weight is 182 g/mol. The van der Waals surface area contributed by atoms with Crippen LogP contribution in [0.3, 0.4) is 0 Å². The van der Waals surface area contributed by atoms with Crippen LogP contribution in [-0.4, -0.2) is 16.2 Å². The molecule has 13 heavy (non-hydrogen) atoms. The topological polar surface area (TPSA) is 68.2 Å². The molecule has 0 amide bonds. The molecule has 0 aliphatic heterocycles. The lowest BCUT2D eigenvalue weighted by Crippen LogP contribution is -2.16. The van der Waals surface area contributed by atoms with Gasteiger partial charge in [-0.15, -0.1) is 0 Å². The normalized spacial score (nSPS) is 10.3. The van der Waals surface area contributed by atoms with E-state index in [1.807, 2.05) is 6.92 Å². The Kier molecular flexibility index (Phi) is 3.08. The van der Waals surface area contributed by atoms with Gasteiger partial charge in [0.1, 0.15) is 0 Å². The lowest BCUT2D eigenvalue weighted by molar-refractivity contribution is 0.449. The van der Waals surface area contributed by atoms with Gasteiger partial charge in [0.2, 0.25) is 5.43 Å². The van der Waals surface area contributed by atoms with E-state index < -0.39 is 0 Å². The second-order valence-corrected chi connectivity index (χ2v) is 2.81. The van der Waals surface area contributed by atoms with Gasteiger partial charge in [-0.1, -0.05) is 6.92 Å². The zero-order valence-electron chi connectivity index (χ0n) is 7.66. The largest absolute Gasteiger partial charge is 0.503 e. The molecule has 1 rings (SSSR count). The number of rotatable bonds is 3. The number of hydrogen-bond donors (Lipinski definition) is 2. The SMILES string of the molecule is CCc1c(O)c(=O)ccn1CCN.